The summed E-state index contributed by atoms with van der Waals surface area (Å²) in [7, 11) is 8.77. The first kappa shape index (κ1) is 11.2. The normalized spacial score (nSPS) is 35.1. The van der Waals surface area contributed by atoms with Crippen LogP contribution in [0.15, 0.2) is 47.0 Å². The van der Waals surface area contributed by atoms with E-state index >= 15 is 0 Å². The van der Waals surface area contributed by atoms with Crippen LogP contribution in [0.25, 0.3) is 0 Å². The zero-order valence-electron chi connectivity index (χ0n) is 10.4. The summed E-state index contributed by atoms with van der Waals surface area (Å²) < 4.78 is 0. The summed E-state index contributed by atoms with van der Waals surface area (Å²) in [6, 6.07) is 0. The number of allylic oxidation sites excluding steroid dienone is 8. The highest BCUT2D eigenvalue weighted by Gasteiger charge is 2.37. The first-order valence-electron chi connectivity index (χ1n) is 6.65. The Kier molecular flexibility index (Phi) is 2.90. The second-order valence-corrected chi connectivity index (χ2v) is 5.24. The molecule has 83 valence electrons. The largest absolute Gasteiger partial charge is 0.116 e. The number of hydrogen-bond acceptors (Lipinski definition) is 0. The molecule has 0 fully saturated rings. The fraction of sp³-hybridized carbons (Fsp3) is 0.467. The van der Waals surface area contributed by atoms with Crippen molar-refractivity contribution >= 4 is 15.1 Å². The lowest BCUT2D eigenvalue weighted by Gasteiger charge is -2.43. The van der Waals surface area contributed by atoms with Crippen LogP contribution in [0.3, 0.4) is 0 Å². The third kappa shape index (κ3) is 1.69. The predicted molar refractivity (Wildman–Crippen MR) is 75.3 cm³/mol. The molecule has 3 aliphatic carbocycles. The van der Waals surface area contributed by atoms with E-state index in [1.54, 1.807) is 0 Å². The highest BCUT2D eigenvalue weighted by Crippen LogP contribution is 2.50. The lowest BCUT2D eigenvalue weighted by atomic mass is 9.47. The topological polar surface area (TPSA) is 0 Å². The highest BCUT2D eigenvalue weighted by molar-refractivity contribution is 6.37. The van der Waals surface area contributed by atoms with Crippen molar-refractivity contribution in [2.45, 2.75) is 31.9 Å². The van der Waals surface area contributed by atoms with Gasteiger partial charge in [0, 0.05) is 0 Å². The summed E-state index contributed by atoms with van der Waals surface area (Å²) in [5.74, 6) is 1.67. The Morgan fingerprint density at radius 3 is 3.06 bits per heavy atom. The van der Waals surface area contributed by atoms with E-state index in [0.29, 0.717) is 17.7 Å². The van der Waals surface area contributed by atoms with Gasteiger partial charge in [0.1, 0.15) is 15.1 Å². The van der Waals surface area contributed by atoms with E-state index in [4.69, 9.17) is 7.85 Å². The number of rotatable bonds is 1. The van der Waals surface area contributed by atoms with Crippen LogP contribution in [0.2, 0.25) is 12.6 Å². The second-order valence-electron chi connectivity index (χ2n) is 5.24. The van der Waals surface area contributed by atoms with E-state index in [1.165, 1.54) is 24.0 Å². The summed E-state index contributed by atoms with van der Waals surface area (Å²) in [5, 5.41) is 0. The number of fused-ring (bicyclic) bond motifs is 2. The van der Waals surface area contributed by atoms with E-state index in [1.807, 2.05) is 0 Å². The van der Waals surface area contributed by atoms with Crippen molar-refractivity contribution in [2.24, 2.45) is 11.8 Å². The molecule has 0 spiro atoms. The molecular weight excluding hydrogens is 202 g/mol. The van der Waals surface area contributed by atoms with E-state index < -0.39 is 0 Å². The molecule has 0 aromatic heterocycles. The van der Waals surface area contributed by atoms with Gasteiger partial charge in [-0.2, -0.15) is 0 Å². The summed E-state index contributed by atoms with van der Waals surface area (Å²) in [6.45, 7) is 2.19. The molecule has 0 saturated heterocycles. The molecule has 0 heterocycles. The van der Waals surface area contributed by atoms with E-state index in [9.17, 15) is 0 Å². The van der Waals surface area contributed by atoms with Gasteiger partial charge in [0.2, 0.25) is 0 Å². The van der Waals surface area contributed by atoms with E-state index in [-0.39, 0.29) is 0 Å². The molecule has 3 aliphatic rings. The van der Waals surface area contributed by atoms with Crippen LogP contribution in [0.4, 0.5) is 0 Å². The zero-order valence-corrected chi connectivity index (χ0v) is 10.4. The summed E-state index contributed by atoms with van der Waals surface area (Å²) >= 11 is 0. The molecule has 0 aromatic carbocycles. The maximum absolute atomic E-state index is 6.40. The van der Waals surface area contributed by atoms with Gasteiger partial charge in [-0.15, -0.1) is 5.47 Å². The van der Waals surface area contributed by atoms with Gasteiger partial charge in [-0.05, 0) is 36.9 Å². The Balaban J connectivity index is 2.11. The molecule has 0 nitrogen and oxygen atoms in total. The van der Waals surface area contributed by atoms with Crippen molar-refractivity contribution in [1.82, 2.24) is 0 Å². The maximum atomic E-state index is 6.40. The van der Waals surface area contributed by atoms with Gasteiger partial charge in [0.15, 0.2) is 0 Å². The van der Waals surface area contributed by atoms with Crippen LogP contribution in [0, 0.1) is 11.8 Å². The molecule has 17 heavy (non-hydrogen) atoms. The minimum Gasteiger partial charge on any atom is -0.107 e. The first-order valence-corrected chi connectivity index (χ1v) is 6.65. The van der Waals surface area contributed by atoms with Crippen LogP contribution in [-0.4, -0.2) is 15.1 Å². The van der Waals surface area contributed by atoms with Crippen LogP contribution >= 0.6 is 0 Å². The monoisotopic (exact) mass is 219 g/mol. The SMILES string of the molecule is [B]C1=C2C=CCCC2C([B]C)C2=CC=CCC21. The Morgan fingerprint density at radius 2 is 2.24 bits per heavy atom. The second kappa shape index (κ2) is 4.40. The van der Waals surface area contributed by atoms with Crippen molar-refractivity contribution in [3.63, 3.8) is 0 Å². The molecule has 0 saturated carbocycles. The van der Waals surface area contributed by atoms with Gasteiger partial charge in [0.05, 0.1) is 0 Å². The quantitative estimate of drug-likeness (QED) is 0.592. The molecular formula is C15H17B2. The fourth-order valence-electron chi connectivity index (χ4n) is 3.60. The standard InChI is InChI=1S/C15H17B2/c1-17-15-12-8-4-2-6-10(12)14(16)11-7-3-5-9-13(11)15/h2-4,7-8,10,13,15H,5-6,9H2,1H3. The van der Waals surface area contributed by atoms with Gasteiger partial charge in [-0.3, -0.25) is 0 Å². The molecule has 2 heteroatoms. The van der Waals surface area contributed by atoms with Crippen LogP contribution < -0.4 is 0 Å². The average molecular weight is 219 g/mol. The van der Waals surface area contributed by atoms with Crippen molar-refractivity contribution in [3.8, 4) is 0 Å². The minimum absolute atomic E-state index is 0.454. The molecule has 0 N–H and O–H groups in total. The predicted octanol–water partition coefficient (Wildman–Crippen LogP) is 3.43. The summed E-state index contributed by atoms with van der Waals surface area (Å²) in [4.78, 5) is 0. The molecule has 3 radical (unpaired) electrons. The summed E-state index contributed by atoms with van der Waals surface area (Å²) in [5.41, 5.74) is 4.08. The number of hydrogen-bond donors (Lipinski definition) is 0. The Morgan fingerprint density at radius 1 is 1.35 bits per heavy atom. The summed E-state index contributed by atoms with van der Waals surface area (Å²) in [6.07, 6.45) is 14.8. The van der Waals surface area contributed by atoms with Gasteiger partial charge in [-0.1, -0.05) is 48.3 Å². The van der Waals surface area contributed by atoms with Gasteiger partial charge in [-0.25, -0.2) is 0 Å². The lowest BCUT2D eigenvalue weighted by molar-refractivity contribution is 0.491. The molecule has 3 unspecified atom stereocenters. The van der Waals surface area contributed by atoms with Crippen molar-refractivity contribution < 1.29 is 0 Å². The van der Waals surface area contributed by atoms with Gasteiger partial charge >= 0.3 is 0 Å². The lowest BCUT2D eigenvalue weighted by Crippen LogP contribution is -2.31. The molecule has 0 bridgehead atoms. The first-order chi connectivity index (χ1) is 8.33. The molecule has 3 rings (SSSR count). The van der Waals surface area contributed by atoms with Crippen molar-refractivity contribution in [1.29, 1.82) is 0 Å². The zero-order chi connectivity index (χ0) is 11.8. The van der Waals surface area contributed by atoms with Crippen molar-refractivity contribution in [3.05, 3.63) is 47.0 Å². The Bertz CT molecular complexity index is 440. The van der Waals surface area contributed by atoms with Crippen LogP contribution in [0.1, 0.15) is 19.3 Å². The fourth-order valence-corrected chi connectivity index (χ4v) is 3.60. The van der Waals surface area contributed by atoms with Crippen molar-refractivity contribution in [2.75, 3.05) is 0 Å². The van der Waals surface area contributed by atoms with E-state index in [0.717, 1.165) is 11.9 Å². The molecule has 0 amide bonds. The third-order valence-corrected chi connectivity index (χ3v) is 4.43. The molecule has 3 atom stereocenters. The molecule has 0 aliphatic heterocycles. The van der Waals surface area contributed by atoms with Gasteiger partial charge in [0.25, 0.3) is 0 Å². The smallest absolute Gasteiger partial charge is 0.107 e. The third-order valence-electron chi connectivity index (χ3n) is 4.43. The minimum atomic E-state index is 0.454. The molecule has 0 aromatic rings. The highest BCUT2D eigenvalue weighted by atomic mass is 14.4. The van der Waals surface area contributed by atoms with E-state index in [2.05, 4.69) is 44.5 Å². The average Bonchev–Trinajstić information content (AvgIpc) is 2.40. The van der Waals surface area contributed by atoms with Gasteiger partial charge < -0.3 is 0 Å². The van der Waals surface area contributed by atoms with Crippen LogP contribution in [-0.2, 0) is 0 Å². The maximum Gasteiger partial charge on any atom is 0.116 e. The Labute approximate surface area is 106 Å². The Hall–Kier alpha value is -0.910. The van der Waals surface area contributed by atoms with Crippen LogP contribution in [0.5, 0.6) is 0 Å².